The quantitative estimate of drug-likeness (QED) is 0.465. The van der Waals surface area contributed by atoms with Crippen LogP contribution in [-0.4, -0.2) is 59.2 Å². The summed E-state index contributed by atoms with van der Waals surface area (Å²) >= 11 is 6.51. The molecule has 0 radical (unpaired) electrons. The lowest BCUT2D eigenvalue weighted by Gasteiger charge is -2.35. The minimum absolute atomic E-state index is 0.0625. The Kier molecular flexibility index (Phi) is 7.07. The van der Waals surface area contributed by atoms with Gasteiger partial charge in [-0.15, -0.1) is 0 Å². The van der Waals surface area contributed by atoms with E-state index in [-0.39, 0.29) is 55.0 Å². The largest absolute Gasteiger partial charge is 0.466 e. The van der Waals surface area contributed by atoms with Crippen molar-refractivity contribution in [3.05, 3.63) is 34.9 Å². The van der Waals surface area contributed by atoms with Gasteiger partial charge in [0.2, 0.25) is 17.7 Å². The van der Waals surface area contributed by atoms with Gasteiger partial charge in [-0.3, -0.25) is 24.1 Å². The zero-order valence-corrected chi connectivity index (χ0v) is 19.8. The summed E-state index contributed by atoms with van der Waals surface area (Å²) in [5.41, 5.74) is -0.788. The lowest BCUT2D eigenvalue weighted by atomic mass is 9.75. The van der Waals surface area contributed by atoms with Crippen molar-refractivity contribution in [1.82, 2.24) is 9.80 Å². The third-order valence-corrected chi connectivity index (χ3v) is 7.61. The molecule has 1 aromatic carbocycles. The van der Waals surface area contributed by atoms with E-state index in [0.717, 1.165) is 25.7 Å². The maximum atomic E-state index is 13.9. The van der Waals surface area contributed by atoms with Gasteiger partial charge < -0.3 is 9.64 Å². The number of halogens is 1. The predicted octanol–water partition coefficient (Wildman–Crippen LogP) is 3.47. The first kappa shape index (κ1) is 23.7. The number of hydrogen-bond donors (Lipinski definition) is 0. The van der Waals surface area contributed by atoms with Crippen LogP contribution in [0, 0.1) is 5.92 Å². The van der Waals surface area contributed by atoms with Crippen molar-refractivity contribution in [2.24, 2.45) is 5.92 Å². The monoisotopic (exact) mass is 474 g/mol. The predicted molar refractivity (Wildman–Crippen MR) is 122 cm³/mol. The molecule has 4 rings (SSSR count). The molecule has 0 bridgehead atoms. The highest BCUT2D eigenvalue weighted by molar-refractivity contribution is 6.32. The highest BCUT2D eigenvalue weighted by Gasteiger charge is 2.56. The third-order valence-electron chi connectivity index (χ3n) is 7.28. The summed E-state index contributed by atoms with van der Waals surface area (Å²) in [6, 6.07) is 6.88. The van der Waals surface area contributed by atoms with E-state index in [9.17, 15) is 19.2 Å². The molecule has 1 aliphatic carbocycles. The van der Waals surface area contributed by atoms with Gasteiger partial charge in [0, 0.05) is 37.0 Å². The van der Waals surface area contributed by atoms with Crippen molar-refractivity contribution in [2.75, 3.05) is 19.7 Å². The van der Waals surface area contributed by atoms with Gasteiger partial charge >= 0.3 is 5.97 Å². The molecule has 0 aromatic heterocycles. The normalized spacial score (nSPS) is 26.2. The number of imide groups is 1. The molecule has 8 heteroatoms. The van der Waals surface area contributed by atoms with Crippen LogP contribution in [0.15, 0.2) is 24.3 Å². The van der Waals surface area contributed by atoms with E-state index in [4.69, 9.17) is 16.3 Å². The van der Waals surface area contributed by atoms with Crippen molar-refractivity contribution in [2.45, 2.75) is 69.7 Å². The van der Waals surface area contributed by atoms with Crippen LogP contribution in [0.25, 0.3) is 0 Å². The third kappa shape index (κ3) is 4.52. The van der Waals surface area contributed by atoms with Crippen LogP contribution in [0.4, 0.5) is 0 Å². The van der Waals surface area contributed by atoms with Gasteiger partial charge in [-0.1, -0.05) is 42.6 Å². The molecule has 3 amide bonds. The lowest BCUT2D eigenvalue weighted by Crippen LogP contribution is -2.48. The molecule has 0 spiro atoms. The van der Waals surface area contributed by atoms with Gasteiger partial charge in [-0.05, 0) is 44.2 Å². The number of ether oxygens (including phenoxy) is 1. The minimum atomic E-state index is -1.31. The molecular weight excluding hydrogens is 444 g/mol. The minimum Gasteiger partial charge on any atom is -0.466 e. The molecule has 3 aliphatic rings. The van der Waals surface area contributed by atoms with Crippen molar-refractivity contribution < 1.29 is 23.9 Å². The molecule has 2 atom stereocenters. The molecule has 1 aromatic rings. The number of hydrogen-bond acceptors (Lipinski definition) is 5. The first-order chi connectivity index (χ1) is 15.9. The second-order valence-electron chi connectivity index (χ2n) is 9.35. The number of amides is 3. The van der Waals surface area contributed by atoms with E-state index in [0.29, 0.717) is 36.6 Å². The number of rotatable bonds is 6. The summed E-state index contributed by atoms with van der Waals surface area (Å²) in [7, 11) is 0. The van der Waals surface area contributed by atoms with E-state index < -0.39 is 5.41 Å². The number of carbonyl (C=O) groups is 4. The van der Waals surface area contributed by atoms with Crippen LogP contribution in [-0.2, 0) is 29.3 Å². The van der Waals surface area contributed by atoms with E-state index >= 15 is 0 Å². The van der Waals surface area contributed by atoms with Crippen LogP contribution in [0.3, 0.4) is 0 Å². The Balaban J connectivity index is 1.62. The van der Waals surface area contributed by atoms with E-state index in [1.807, 2.05) is 0 Å². The molecule has 3 fully saturated rings. The van der Waals surface area contributed by atoms with Gasteiger partial charge in [0.25, 0.3) is 0 Å². The van der Waals surface area contributed by atoms with Gasteiger partial charge in [0.15, 0.2) is 0 Å². The molecule has 0 unspecified atom stereocenters. The summed E-state index contributed by atoms with van der Waals surface area (Å²) in [6.45, 7) is 2.84. The molecule has 178 valence electrons. The Morgan fingerprint density at radius 3 is 2.55 bits per heavy atom. The van der Waals surface area contributed by atoms with Crippen molar-refractivity contribution in [1.29, 1.82) is 0 Å². The molecule has 1 saturated carbocycles. The van der Waals surface area contributed by atoms with Crippen LogP contribution in [0.5, 0.6) is 0 Å². The standard InChI is InChI=1S/C25H31ClN2O5/c1-2-33-23(31)17-8-7-13-27(16-17)21(29)14-25(19-11-5-6-12-20(19)26)15-22(30)28(24(25)32)18-9-3-4-10-18/h5-6,11-12,17-18H,2-4,7-10,13-16H2,1H3/t17-,25-/m1/s1. The van der Waals surface area contributed by atoms with Crippen LogP contribution in [0.2, 0.25) is 5.02 Å². The average Bonchev–Trinajstić information content (AvgIpc) is 3.41. The lowest BCUT2D eigenvalue weighted by molar-refractivity contribution is -0.152. The van der Waals surface area contributed by atoms with Crippen molar-refractivity contribution in [3.63, 3.8) is 0 Å². The highest BCUT2D eigenvalue weighted by atomic mass is 35.5. The second-order valence-corrected chi connectivity index (χ2v) is 9.76. The molecule has 7 nitrogen and oxygen atoms in total. The summed E-state index contributed by atoms with van der Waals surface area (Å²) < 4.78 is 5.15. The number of benzene rings is 1. The summed E-state index contributed by atoms with van der Waals surface area (Å²) in [4.78, 5) is 55.8. The Bertz CT molecular complexity index is 944. The van der Waals surface area contributed by atoms with Crippen molar-refractivity contribution in [3.8, 4) is 0 Å². The Hall–Kier alpha value is -2.41. The highest BCUT2D eigenvalue weighted by Crippen LogP contribution is 2.45. The number of piperidine rings is 1. The smallest absolute Gasteiger partial charge is 0.310 e. The topological polar surface area (TPSA) is 84.0 Å². The fourth-order valence-electron chi connectivity index (χ4n) is 5.61. The number of carbonyl (C=O) groups excluding carboxylic acids is 4. The summed E-state index contributed by atoms with van der Waals surface area (Å²) in [5, 5.41) is 0.378. The van der Waals surface area contributed by atoms with Gasteiger partial charge in [-0.25, -0.2) is 0 Å². The summed E-state index contributed by atoms with van der Waals surface area (Å²) in [6.07, 6.45) is 4.74. The van der Waals surface area contributed by atoms with Crippen molar-refractivity contribution >= 4 is 35.3 Å². The first-order valence-corrected chi connectivity index (χ1v) is 12.3. The van der Waals surface area contributed by atoms with Gasteiger partial charge in [-0.2, -0.15) is 0 Å². The zero-order valence-electron chi connectivity index (χ0n) is 19.1. The molecule has 0 N–H and O–H groups in total. The second kappa shape index (κ2) is 9.84. The molecule has 33 heavy (non-hydrogen) atoms. The van der Waals surface area contributed by atoms with E-state index in [1.54, 1.807) is 36.1 Å². The van der Waals surface area contributed by atoms with E-state index in [2.05, 4.69) is 0 Å². The van der Waals surface area contributed by atoms with Crippen LogP contribution >= 0.6 is 11.6 Å². The molecular formula is C25H31ClN2O5. The first-order valence-electron chi connectivity index (χ1n) is 11.9. The number of likely N-dealkylation sites (tertiary alicyclic amines) is 2. The number of nitrogens with zero attached hydrogens (tertiary/aromatic N) is 2. The fraction of sp³-hybridized carbons (Fsp3) is 0.600. The average molecular weight is 475 g/mol. The Labute approximate surface area is 199 Å². The van der Waals surface area contributed by atoms with E-state index in [1.165, 1.54) is 4.90 Å². The molecule has 2 heterocycles. The van der Waals surface area contributed by atoms with Gasteiger partial charge in [0.1, 0.15) is 0 Å². The molecule has 2 saturated heterocycles. The maximum absolute atomic E-state index is 13.9. The van der Waals surface area contributed by atoms with Crippen LogP contribution in [0.1, 0.15) is 63.9 Å². The zero-order chi connectivity index (χ0) is 23.6. The Morgan fingerprint density at radius 1 is 1.12 bits per heavy atom. The SMILES string of the molecule is CCOC(=O)[C@@H]1CCCN(C(=O)C[C@]2(c3ccccc3Cl)CC(=O)N(C3CCCC3)C2=O)C1. The van der Waals surface area contributed by atoms with Gasteiger partial charge in [0.05, 0.1) is 17.9 Å². The fourth-order valence-corrected chi connectivity index (χ4v) is 5.93. The summed E-state index contributed by atoms with van der Waals surface area (Å²) in [5.74, 6) is -1.45. The molecule has 2 aliphatic heterocycles. The number of esters is 1. The van der Waals surface area contributed by atoms with Crippen LogP contribution < -0.4 is 0 Å². The Morgan fingerprint density at radius 2 is 1.85 bits per heavy atom. The maximum Gasteiger partial charge on any atom is 0.310 e.